The van der Waals surface area contributed by atoms with E-state index in [2.05, 4.69) is 14.9 Å². The number of halogens is 2. The number of benzene rings is 2. The Balaban J connectivity index is 1.71. The Morgan fingerprint density at radius 3 is 2.64 bits per heavy atom. The van der Waals surface area contributed by atoms with Crippen LogP contribution in [0.3, 0.4) is 0 Å². The van der Waals surface area contributed by atoms with E-state index in [1.165, 1.54) is 24.3 Å². The van der Waals surface area contributed by atoms with Gasteiger partial charge < -0.3 is 5.73 Å². The zero-order chi connectivity index (χ0) is 19.5. The molecule has 28 heavy (non-hydrogen) atoms. The van der Waals surface area contributed by atoms with Gasteiger partial charge in [0.1, 0.15) is 11.6 Å². The summed E-state index contributed by atoms with van der Waals surface area (Å²) in [5.74, 6) is -0.328. The number of nitrogens with two attached hydrogens (primary N) is 1. The van der Waals surface area contributed by atoms with E-state index in [9.17, 15) is 8.78 Å². The number of piperidine rings is 1. The summed E-state index contributed by atoms with van der Waals surface area (Å²) in [4.78, 5) is 11.0. The van der Waals surface area contributed by atoms with Gasteiger partial charge in [-0.15, -0.1) is 0 Å². The molecule has 2 aromatic carbocycles. The quantitative estimate of drug-likeness (QED) is 0.711. The topological polar surface area (TPSA) is 55.0 Å². The van der Waals surface area contributed by atoms with Gasteiger partial charge in [-0.2, -0.15) is 0 Å². The molecule has 0 radical (unpaired) electrons. The summed E-state index contributed by atoms with van der Waals surface area (Å²) in [6.45, 7) is 1.60. The molecule has 4 rings (SSSR count). The Labute approximate surface area is 163 Å². The van der Waals surface area contributed by atoms with Crippen LogP contribution in [0.1, 0.15) is 36.6 Å². The fourth-order valence-electron chi connectivity index (χ4n) is 3.86. The van der Waals surface area contributed by atoms with Crippen LogP contribution in [-0.4, -0.2) is 21.4 Å². The van der Waals surface area contributed by atoms with E-state index in [-0.39, 0.29) is 23.6 Å². The molecule has 3 aromatic rings. The molecule has 0 aliphatic carbocycles. The van der Waals surface area contributed by atoms with Gasteiger partial charge in [-0.1, -0.05) is 30.7 Å². The first kappa shape index (κ1) is 18.5. The lowest BCUT2D eigenvalue weighted by Crippen LogP contribution is -2.34. The van der Waals surface area contributed by atoms with Crippen molar-refractivity contribution in [1.29, 1.82) is 0 Å². The second-order valence-corrected chi connectivity index (χ2v) is 7.15. The van der Waals surface area contributed by atoms with Crippen LogP contribution in [-0.2, 0) is 6.54 Å². The summed E-state index contributed by atoms with van der Waals surface area (Å²) in [6.07, 6.45) is 4.78. The van der Waals surface area contributed by atoms with E-state index < -0.39 is 0 Å². The maximum absolute atomic E-state index is 13.8. The Kier molecular flexibility index (Phi) is 5.30. The molecule has 1 aliphatic rings. The zero-order valence-corrected chi connectivity index (χ0v) is 15.5. The summed E-state index contributed by atoms with van der Waals surface area (Å²) in [5, 5.41) is 0. The average molecular weight is 380 g/mol. The van der Waals surface area contributed by atoms with Crippen LogP contribution in [0, 0.1) is 11.6 Å². The SMILES string of the molecule is Nc1ncc(-c2cccc(F)c2)c(C2CCCCN2Cc2ccc(F)cc2)n1. The predicted octanol–water partition coefficient (Wildman–Crippen LogP) is 4.73. The van der Waals surface area contributed by atoms with Gasteiger partial charge in [-0.05, 0) is 54.8 Å². The van der Waals surface area contributed by atoms with Crippen molar-refractivity contribution in [2.75, 3.05) is 12.3 Å². The number of nitrogens with zero attached hydrogens (tertiary/aromatic N) is 3. The summed E-state index contributed by atoms with van der Waals surface area (Å²) in [5.41, 5.74) is 9.30. The Morgan fingerprint density at radius 2 is 1.86 bits per heavy atom. The largest absolute Gasteiger partial charge is 0.368 e. The van der Waals surface area contributed by atoms with Gasteiger partial charge in [0.05, 0.1) is 11.7 Å². The molecule has 0 spiro atoms. The van der Waals surface area contributed by atoms with Gasteiger partial charge in [0, 0.05) is 18.3 Å². The number of likely N-dealkylation sites (tertiary alicyclic amines) is 1. The molecule has 6 heteroatoms. The number of aromatic nitrogens is 2. The van der Waals surface area contributed by atoms with Crippen molar-refractivity contribution in [2.45, 2.75) is 31.8 Å². The molecule has 144 valence electrons. The molecule has 1 aliphatic heterocycles. The highest BCUT2D eigenvalue weighted by molar-refractivity contribution is 5.66. The molecule has 1 unspecified atom stereocenters. The van der Waals surface area contributed by atoms with Gasteiger partial charge in [-0.3, -0.25) is 4.90 Å². The standard InChI is InChI=1S/C22H22F2N4/c23-17-9-7-15(8-10-17)14-28-11-2-1-6-20(28)21-19(13-26-22(25)27-21)16-4-3-5-18(24)12-16/h3-5,7-10,12-13,20H,1-2,6,11,14H2,(H2,25,26,27). The summed E-state index contributed by atoms with van der Waals surface area (Å²) in [6, 6.07) is 13.1. The number of rotatable bonds is 4. The van der Waals surface area contributed by atoms with E-state index in [1.54, 1.807) is 12.3 Å². The van der Waals surface area contributed by atoms with Gasteiger partial charge >= 0.3 is 0 Å². The highest BCUT2D eigenvalue weighted by Gasteiger charge is 2.28. The monoisotopic (exact) mass is 380 g/mol. The van der Waals surface area contributed by atoms with E-state index >= 15 is 0 Å². The second-order valence-electron chi connectivity index (χ2n) is 7.15. The zero-order valence-electron chi connectivity index (χ0n) is 15.5. The number of hydrogen-bond acceptors (Lipinski definition) is 4. The van der Waals surface area contributed by atoms with Crippen LogP contribution in [0.2, 0.25) is 0 Å². The molecule has 1 aromatic heterocycles. The third-order valence-electron chi connectivity index (χ3n) is 5.20. The van der Waals surface area contributed by atoms with Crippen LogP contribution in [0.4, 0.5) is 14.7 Å². The van der Waals surface area contributed by atoms with Crippen molar-refractivity contribution >= 4 is 5.95 Å². The Bertz CT molecular complexity index is 959. The normalized spacial score (nSPS) is 17.6. The van der Waals surface area contributed by atoms with Crippen molar-refractivity contribution in [3.05, 3.63) is 77.6 Å². The molecule has 2 N–H and O–H groups in total. The molecule has 4 nitrogen and oxygen atoms in total. The number of nitrogen functional groups attached to an aromatic ring is 1. The lowest BCUT2D eigenvalue weighted by atomic mass is 9.93. The summed E-state index contributed by atoms with van der Waals surface area (Å²) < 4.78 is 27.0. The predicted molar refractivity (Wildman–Crippen MR) is 105 cm³/mol. The molecule has 2 heterocycles. The maximum atomic E-state index is 13.8. The van der Waals surface area contributed by atoms with Crippen molar-refractivity contribution in [1.82, 2.24) is 14.9 Å². The van der Waals surface area contributed by atoms with Crippen molar-refractivity contribution < 1.29 is 8.78 Å². The minimum atomic E-state index is -0.299. The molecular formula is C22H22F2N4. The summed E-state index contributed by atoms with van der Waals surface area (Å²) in [7, 11) is 0. The van der Waals surface area contributed by atoms with E-state index in [0.29, 0.717) is 6.54 Å². The summed E-state index contributed by atoms with van der Waals surface area (Å²) >= 11 is 0. The fraction of sp³-hybridized carbons (Fsp3) is 0.273. The van der Waals surface area contributed by atoms with E-state index in [0.717, 1.165) is 48.2 Å². The maximum Gasteiger partial charge on any atom is 0.220 e. The van der Waals surface area contributed by atoms with Crippen LogP contribution < -0.4 is 5.73 Å². The molecule has 1 atom stereocenters. The Hall–Kier alpha value is -2.86. The molecular weight excluding hydrogens is 358 g/mol. The van der Waals surface area contributed by atoms with Crippen LogP contribution in [0.25, 0.3) is 11.1 Å². The van der Waals surface area contributed by atoms with Gasteiger partial charge in [0.15, 0.2) is 0 Å². The first-order valence-corrected chi connectivity index (χ1v) is 9.47. The highest BCUT2D eigenvalue weighted by Crippen LogP contribution is 2.36. The third kappa shape index (κ3) is 4.02. The molecule has 1 saturated heterocycles. The molecule has 0 bridgehead atoms. The van der Waals surface area contributed by atoms with Gasteiger partial charge in [0.25, 0.3) is 0 Å². The smallest absolute Gasteiger partial charge is 0.220 e. The molecule has 1 fully saturated rings. The van der Waals surface area contributed by atoms with Gasteiger partial charge in [-0.25, -0.2) is 18.7 Å². The lowest BCUT2D eigenvalue weighted by Gasteiger charge is -2.36. The lowest BCUT2D eigenvalue weighted by molar-refractivity contribution is 0.137. The third-order valence-corrected chi connectivity index (χ3v) is 5.20. The number of hydrogen-bond donors (Lipinski definition) is 1. The van der Waals surface area contributed by atoms with Crippen LogP contribution in [0.5, 0.6) is 0 Å². The number of anilines is 1. The van der Waals surface area contributed by atoms with E-state index in [1.807, 2.05) is 18.2 Å². The second kappa shape index (κ2) is 8.02. The average Bonchev–Trinajstić information content (AvgIpc) is 2.70. The highest BCUT2D eigenvalue weighted by atomic mass is 19.1. The first-order chi connectivity index (χ1) is 13.6. The molecule has 0 saturated carbocycles. The fourth-order valence-corrected chi connectivity index (χ4v) is 3.86. The van der Waals surface area contributed by atoms with Crippen molar-refractivity contribution in [2.24, 2.45) is 0 Å². The first-order valence-electron chi connectivity index (χ1n) is 9.47. The van der Waals surface area contributed by atoms with Crippen LogP contribution in [0.15, 0.2) is 54.7 Å². The van der Waals surface area contributed by atoms with E-state index in [4.69, 9.17) is 5.73 Å². The minimum Gasteiger partial charge on any atom is -0.368 e. The van der Waals surface area contributed by atoms with Gasteiger partial charge in [0.2, 0.25) is 5.95 Å². The van der Waals surface area contributed by atoms with Crippen LogP contribution >= 0.6 is 0 Å². The molecule has 0 amide bonds. The van der Waals surface area contributed by atoms with Crippen molar-refractivity contribution in [3.63, 3.8) is 0 Å². The Morgan fingerprint density at radius 1 is 1.04 bits per heavy atom. The van der Waals surface area contributed by atoms with Crippen molar-refractivity contribution in [3.8, 4) is 11.1 Å². The minimum absolute atomic E-state index is 0.0439.